The average molecular weight is 363 g/mol. The molecule has 1 aromatic heterocycles. The Morgan fingerprint density at radius 2 is 2.19 bits per heavy atom. The van der Waals surface area contributed by atoms with Gasteiger partial charge in [-0.25, -0.2) is 4.39 Å². The molecule has 2 aromatic carbocycles. The molecule has 0 saturated carbocycles. The maximum atomic E-state index is 14.3. The van der Waals surface area contributed by atoms with Gasteiger partial charge in [0.05, 0.1) is 23.1 Å². The van der Waals surface area contributed by atoms with Crippen molar-refractivity contribution >= 4 is 22.6 Å². The van der Waals surface area contributed by atoms with E-state index in [1.807, 2.05) is 6.07 Å². The summed E-state index contributed by atoms with van der Waals surface area (Å²) < 4.78 is 14.3. The number of carbonyl (C=O) groups excluding carboxylic acids is 1. The lowest BCUT2D eigenvalue weighted by Gasteiger charge is -2.21. The largest absolute Gasteiger partial charge is 0.316 e. The fraction of sp³-hybridized carbons (Fsp3) is 0.250. The van der Waals surface area contributed by atoms with Crippen molar-refractivity contribution in [2.45, 2.75) is 12.8 Å². The van der Waals surface area contributed by atoms with Crippen molar-refractivity contribution in [2.75, 3.05) is 18.4 Å². The molecule has 27 heavy (non-hydrogen) atoms. The van der Waals surface area contributed by atoms with Crippen molar-refractivity contribution < 1.29 is 9.18 Å². The first-order valence-electron chi connectivity index (χ1n) is 8.85. The second-order valence-electron chi connectivity index (χ2n) is 6.67. The molecule has 0 spiro atoms. The molecule has 1 aliphatic rings. The summed E-state index contributed by atoms with van der Waals surface area (Å²) in [6.07, 6.45) is 1.82. The predicted octanol–water partition coefficient (Wildman–Crippen LogP) is 3.18. The Hall–Kier alpha value is -3.24. The topological polar surface area (TPSA) is 93.6 Å². The third-order valence-electron chi connectivity index (χ3n) is 4.88. The molecule has 2 heterocycles. The fourth-order valence-corrected chi connectivity index (χ4v) is 3.39. The van der Waals surface area contributed by atoms with Gasteiger partial charge in [-0.05, 0) is 55.3 Å². The van der Waals surface area contributed by atoms with E-state index >= 15 is 0 Å². The number of piperidine rings is 1. The number of hydrogen-bond donors (Lipinski definition) is 3. The summed E-state index contributed by atoms with van der Waals surface area (Å²) in [5.74, 6) is -0.132. The van der Waals surface area contributed by atoms with E-state index in [2.05, 4.69) is 20.8 Å². The van der Waals surface area contributed by atoms with Crippen molar-refractivity contribution in [3.05, 3.63) is 47.8 Å². The Balaban J connectivity index is 1.67. The van der Waals surface area contributed by atoms with Gasteiger partial charge in [-0.1, -0.05) is 6.07 Å². The van der Waals surface area contributed by atoms with Crippen molar-refractivity contribution in [3.63, 3.8) is 0 Å². The van der Waals surface area contributed by atoms with Gasteiger partial charge in [0.25, 0.3) is 0 Å². The van der Waals surface area contributed by atoms with Crippen molar-refractivity contribution in [1.29, 1.82) is 5.26 Å². The molecule has 1 saturated heterocycles. The molecule has 0 unspecified atom stereocenters. The normalized spacial score (nSPS) is 16.8. The molecule has 1 amide bonds. The maximum absolute atomic E-state index is 14.3. The van der Waals surface area contributed by atoms with E-state index in [9.17, 15) is 9.18 Å². The number of H-pyrrole nitrogens is 1. The molecule has 7 heteroatoms. The second-order valence-corrected chi connectivity index (χ2v) is 6.67. The van der Waals surface area contributed by atoms with E-state index in [4.69, 9.17) is 5.26 Å². The molecule has 1 aliphatic heterocycles. The molecule has 6 nitrogen and oxygen atoms in total. The van der Waals surface area contributed by atoms with Crippen LogP contribution in [0.1, 0.15) is 18.4 Å². The zero-order chi connectivity index (χ0) is 18.8. The molecule has 0 radical (unpaired) electrons. The highest BCUT2D eigenvalue weighted by Crippen LogP contribution is 2.30. The summed E-state index contributed by atoms with van der Waals surface area (Å²) in [6, 6.07) is 11.6. The predicted molar refractivity (Wildman–Crippen MR) is 100 cm³/mol. The molecular formula is C20H18FN5O. The number of nitrogens with one attached hydrogen (secondary N) is 3. The van der Waals surface area contributed by atoms with Crippen LogP contribution in [0, 0.1) is 23.1 Å². The first-order chi connectivity index (χ1) is 13.2. The monoisotopic (exact) mass is 363 g/mol. The first-order valence-corrected chi connectivity index (χ1v) is 8.85. The number of halogens is 1. The van der Waals surface area contributed by atoms with Crippen LogP contribution in [-0.4, -0.2) is 29.2 Å². The molecule has 1 atom stereocenters. The fourth-order valence-electron chi connectivity index (χ4n) is 3.39. The number of fused-ring (bicyclic) bond motifs is 1. The van der Waals surface area contributed by atoms with E-state index in [1.54, 1.807) is 18.2 Å². The van der Waals surface area contributed by atoms with Gasteiger partial charge in [0, 0.05) is 17.5 Å². The molecule has 0 aliphatic carbocycles. The number of hydrogen-bond acceptors (Lipinski definition) is 4. The zero-order valence-electron chi connectivity index (χ0n) is 14.6. The van der Waals surface area contributed by atoms with Crippen LogP contribution in [0.2, 0.25) is 0 Å². The standard InChI is InChI=1S/C20H18FN5O/c21-17-5-3-12(10-22)8-15(17)13-4-6-18-16(9-13)19(26-25-18)24-20(27)14-2-1-7-23-11-14/h3-6,8-9,14,23H,1-2,7,11H2,(H2,24,25,26,27)/t14-/m1/s1. The van der Waals surface area contributed by atoms with Gasteiger partial charge in [-0.3, -0.25) is 9.89 Å². The molecule has 4 rings (SSSR count). The van der Waals surface area contributed by atoms with E-state index in [0.29, 0.717) is 34.4 Å². The van der Waals surface area contributed by atoms with E-state index < -0.39 is 5.82 Å². The van der Waals surface area contributed by atoms with Crippen LogP contribution in [0.4, 0.5) is 10.2 Å². The highest BCUT2D eigenvalue weighted by molar-refractivity contribution is 6.01. The third-order valence-corrected chi connectivity index (χ3v) is 4.88. The van der Waals surface area contributed by atoms with Crippen molar-refractivity contribution in [2.24, 2.45) is 5.92 Å². The minimum atomic E-state index is -0.407. The summed E-state index contributed by atoms with van der Waals surface area (Å²) in [4.78, 5) is 12.5. The van der Waals surface area contributed by atoms with E-state index in [-0.39, 0.29) is 11.8 Å². The van der Waals surface area contributed by atoms with Crippen molar-refractivity contribution in [1.82, 2.24) is 15.5 Å². The van der Waals surface area contributed by atoms with Gasteiger partial charge < -0.3 is 10.6 Å². The number of nitrogens with zero attached hydrogens (tertiary/aromatic N) is 2. The number of rotatable bonds is 3. The van der Waals surface area contributed by atoms with Crippen LogP contribution < -0.4 is 10.6 Å². The van der Waals surface area contributed by atoms with Gasteiger partial charge in [0.2, 0.25) is 5.91 Å². The molecule has 136 valence electrons. The van der Waals surface area contributed by atoms with Gasteiger partial charge in [0.15, 0.2) is 5.82 Å². The molecule has 3 aromatic rings. The van der Waals surface area contributed by atoms with Gasteiger partial charge in [-0.15, -0.1) is 0 Å². The number of carbonyl (C=O) groups is 1. The smallest absolute Gasteiger partial charge is 0.229 e. The van der Waals surface area contributed by atoms with Gasteiger partial charge in [0.1, 0.15) is 5.82 Å². The number of aromatic nitrogens is 2. The first kappa shape index (κ1) is 17.2. The quantitative estimate of drug-likeness (QED) is 0.666. The minimum absolute atomic E-state index is 0.0707. The van der Waals surface area contributed by atoms with Crippen LogP contribution in [0.5, 0.6) is 0 Å². The van der Waals surface area contributed by atoms with Gasteiger partial charge >= 0.3 is 0 Å². The molecule has 1 fully saturated rings. The van der Waals surface area contributed by atoms with Gasteiger partial charge in [-0.2, -0.15) is 10.4 Å². The summed E-state index contributed by atoms with van der Waals surface area (Å²) >= 11 is 0. The number of amides is 1. The summed E-state index contributed by atoms with van der Waals surface area (Å²) in [5, 5.41) is 23.0. The third kappa shape index (κ3) is 3.39. The molecule has 0 bridgehead atoms. The highest BCUT2D eigenvalue weighted by atomic mass is 19.1. The Kier molecular flexibility index (Phi) is 4.57. The minimum Gasteiger partial charge on any atom is -0.316 e. The lowest BCUT2D eigenvalue weighted by Crippen LogP contribution is -2.37. The molecular weight excluding hydrogens is 345 g/mol. The second kappa shape index (κ2) is 7.17. The lowest BCUT2D eigenvalue weighted by molar-refractivity contribution is -0.120. The van der Waals surface area contributed by atoms with Crippen LogP contribution in [0.15, 0.2) is 36.4 Å². The lowest BCUT2D eigenvalue weighted by atomic mass is 9.98. The highest BCUT2D eigenvalue weighted by Gasteiger charge is 2.22. The molecule has 3 N–H and O–H groups in total. The van der Waals surface area contributed by atoms with Crippen LogP contribution in [0.25, 0.3) is 22.0 Å². The Morgan fingerprint density at radius 3 is 2.96 bits per heavy atom. The summed E-state index contributed by atoms with van der Waals surface area (Å²) in [6.45, 7) is 1.59. The van der Waals surface area contributed by atoms with E-state index in [0.717, 1.165) is 24.9 Å². The zero-order valence-corrected chi connectivity index (χ0v) is 14.6. The number of aromatic amines is 1. The Bertz CT molecular complexity index is 1050. The maximum Gasteiger partial charge on any atom is 0.229 e. The Labute approximate surface area is 155 Å². The number of benzene rings is 2. The van der Waals surface area contributed by atoms with Crippen molar-refractivity contribution in [3.8, 4) is 17.2 Å². The number of nitriles is 1. The van der Waals surface area contributed by atoms with Crippen LogP contribution >= 0.6 is 0 Å². The average Bonchev–Trinajstić information content (AvgIpc) is 3.11. The number of anilines is 1. The summed E-state index contributed by atoms with van der Waals surface area (Å²) in [5.41, 5.74) is 2.09. The Morgan fingerprint density at radius 1 is 1.30 bits per heavy atom. The van der Waals surface area contributed by atoms with Crippen LogP contribution in [0.3, 0.4) is 0 Å². The van der Waals surface area contributed by atoms with E-state index in [1.165, 1.54) is 18.2 Å². The summed E-state index contributed by atoms with van der Waals surface area (Å²) in [7, 11) is 0. The SMILES string of the molecule is N#Cc1ccc(F)c(-c2ccc3[nH]nc(NC(=O)[C@@H]4CCCNC4)c3c2)c1. The van der Waals surface area contributed by atoms with Crippen LogP contribution in [-0.2, 0) is 4.79 Å².